The van der Waals surface area contributed by atoms with Crippen LogP contribution in [0.15, 0.2) is 17.2 Å². The maximum atomic E-state index is 11.4. The van der Waals surface area contributed by atoms with Gasteiger partial charge in [0, 0.05) is 26.0 Å². The number of hydrogen-bond acceptors (Lipinski definition) is 3. The summed E-state index contributed by atoms with van der Waals surface area (Å²) < 4.78 is 1.52. The van der Waals surface area contributed by atoms with Crippen molar-refractivity contribution in [2.75, 3.05) is 11.9 Å². The summed E-state index contributed by atoms with van der Waals surface area (Å²) in [6, 6.07) is 0. The lowest BCUT2D eigenvalue weighted by atomic mass is 10.3. The Balaban J connectivity index is 2.67. The Bertz CT molecular complexity index is 319. The maximum Gasteiger partial charge on any atom is 0.293 e. The number of anilines is 1. The minimum atomic E-state index is -0.0707. The molecule has 1 N–H and O–H groups in total. The van der Waals surface area contributed by atoms with E-state index in [4.69, 9.17) is 0 Å². The smallest absolute Gasteiger partial charge is 0.293 e. The van der Waals surface area contributed by atoms with Crippen molar-refractivity contribution in [3.63, 3.8) is 0 Å². The highest BCUT2D eigenvalue weighted by Crippen LogP contribution is 1.93. The van der Waals surface area contributed by atoms with Crippen molar-refractivity contribution in [2.24, 2.45) is 7.05 Å². The van der Waals surface area contributed by atoms with Gasteiger partial charge in [-0.05, 0) is 6.42 Å². The predicted molar refractivity (Wildman–Crippen MR) is 52.9 cm³/mol. The normalized spacial score (nSPS) is 10.0. The Labute approximate surface area is 77.6 Å². The van der Waals surface area contributed by atoms with Gasteiger partial charge in [-0.1, -0.05) is 13.3 Å². The molecule has 0 bridgehead atoms. The quantitative estimate of drug-likeness (QED) is 0.705. The van der Waals surface area contributed by atoms with Gasteiger partial charge in [-0.15, -0.1) is 0 Å². The van der Waals surface area contributed by atoms with Gasteiger partial charge in [-0.2, -0.15) is 0 Å². The van der Waals surface area contributed by atoms with Gasteiger partial charge in [-0.25, -0.2) is 4.98 Å². The molecule has 1 heterocycles. The number of nitrogens with one attached hydrogen (secondary N) is 1. The van der Waals surface area contributed by atoms with Gasteiger partial charge in [0.25, 0.3) is 5.56 Å². The average molecular weight is 181 g/mol. The first kappa shape index (κ1) is 9.77. The molecule has 0 saturated heterocycles. The van der Waals surface area contributed by atoms with Gasteiger partial charge in [0.15, 0.2) is 5.82 Å². The first-order valence-corrected chi connectivity index (χ1v) is 4.51. The van der Waals surface area contributed by atoms with Crippen LogP contribution in [0.3, 0.4) is 0 Å². The van der Waals surface area contributed by atoms with Gasteiger partial charge < -0.3 is 9.88 Å². The van der Waals surface area contributed by atoms with E-state index in [2.05, 4.69) is 17.2 Å². The fraction of sp³-hybridized carbons (Fsp3) is 0.556. The molecular weight excluding hydrogens is 166 g/mol. The van der Waals surface area contributed by atoms with Crippen LogP contribution in [-0.4, -0.2) is 16.1 Å². The summed E-state index contributed by atoms with van der Waals surface area (Å²) in [4.78, 5) is 15.4. The summed E-state index contributed by atoms with van der Waals surface area (Å²) in [5, 5.41) is 3.01. The highest BCUT2D eigenvalue weighted by atomic mass is 16.1. The van der Waals surface area contributed by atoms with Crippen LogP contribution in [0.5, 0.6) is 0 Å². The third-order valence-corrected chi connectivity index (χ3v) is 1.84. The van der Waals surface area contributed by atoms with Crippen molar-refractivity contribution in [1.29, 1.82) is 0 Å². The molecule has 0 aliphatic rings. The molecule has 0 aromatic carbocycles. The molecule has 72 valence electrons. The van der Waals surface area contributed by atoms with E-state index in [0.717, 1.165) is 19.4 Å². The van der Waals surface area contributed by atoms with Crippen molar-refractivity contribution >= 4 is 5.82 Å². The highest BCUT2D eigenvalue weighted by molar-refractivity contribution is 5.30. The van der Waals surface area contributed by atoms with E-state index in [1.165, 1.54) is 4.57 Å². The molecule has 1 rings (SSSR count). The van der Waals surface area contributed by atoms with Crippen LogP contribution in [-0.2, 0) is 7.05 Å². The van der Waals surface area contributed by atoms with Crippen LogP contribution in [0.1, 0.15) is 19.8 Å². The second-order valence-corrected chi connectivity index (χ2v) is 2.97. The number of aromatic nitrogens is 2. The fourth-order valence-electron chi connectivity index (χ4n) is 1.00. The third-order valence-electron chi connectivity index (χ3n) is 1.84. The number of hydrogen-bond donors (Lipinski definition) is 1. The maximum absolute atomic E-state index is 11.4. The molecule has 0 atom stereocenters. The summed E-state index contributed by atoms with van der Waals surface area (Å²) in [6.07, 6.45) is 5.43. The number of nitrogens with zero attached hydrogens (tertiary/aromatic N) is 2. The second-order valence-electron chi connectivity index (χ2n) is 2.97. The van der Waals surface area contributed by atoms with Crippen molar-refractivity contribution in [3.8, 4) is 0 Å². The molecule has 0 saturated carbocycles. The number of aryl methyl sites for hydroxylation is 1. The monoisotopic (exact) mass is 181 g/mol. The summed E-state index contributed by atoms with van der Waals surface area (Å²) in [5.74, 6) is 0.443. The van der Waals surface area contributed by atoms with E-state index in [0.29, 0.717) is 5.82 Å². The standard InChI is InChI=1S/C9H15N3O/c1-3-4-5-10-8-9(13)12(2)7-6-11-8/h6-7H,3-5H2,1-2H3,(H,10,11). The molecule has 0 aliphatic heterocycles. The van der Waals surface area contributed by atoms with Crippen LogP contribution >= 0.6 is 0 Å². The van der Waals surface area contributed by atoms with Gasteiger partial charge in [0.05, 0.1) is 0 Å². The van der Waals surface area contributed by atoms with Crippen molar-refractivity contribution in [1.82, 2.24) is 9.55 Å². The molecule has 4 heteroatoms. The molecule has 0 fully saturated rings. The van der Waals surface area contributed by atoms with E-state index in [1.807, 2.05) is 0 Å². The molecule has 4 nitrogen and oxygen atoms in total. The molecule has 0 radical (unpaired) electrons. The third kappa shape index (κ3) is 2.57. The Morgan fingerprint density at radius 3 is 3.08 bits per heavy atom. The zero-order chi connectivity index (χ0) is 9.68. The van der Waals surface area contributed by atoms with E-state index in [-0.39, 0.29) is 5.56 Å². The van der Waals surface area contributed by atoms with Crippen molar-refractivity contribution in [2.45, 2.75) is 19.8 Å². The van der Waals surface area contributed by atoms with Crippen LogP contribution in [0.2, 0.25) is 0 Å². The first-order valence-electron chi connectivity index (χ1n) is 4.51. The predicted octanol–water partition coefficient (Wildman–Crippen LogP) is 0.992. The molecule has 1 aromatic heterocycles. The van der Waals surface area contributed by atoms with Gasteiger partial charge in [0.2, 0.25) is 0 Å². The van der Waals surface area contributed by atoms with Crippen molar-refractivity contribution < 1.29 is 0 Å². The first-order chi connectivity index (χ1) is 6.25. The topological polar surface area (TPSA) is 46.9 Å². The summed E-state index contributed by atoms with van der Waals surface area (Å²) in [6.45, 7) is 2.92. The zero-order valence-electron chi connectivity index (χ0n) is 8.08. The molecular formula is C9H15N3O. The van der Waals surface area contributed by atoms with Crippen LogP contribution in [0.25, 0.3) is 0 Å². The summed E-state index contributed by atoms with van der Waals surface area (Å²) in [5.41, 5.74) is -0.0707. The molecule has 0 aliphatic carbocycles. The number of unbranched alkanes of at least 4 members (excludes halogenated alkanes) is 1. The molecule has 0 unspecified atom stereocenters. The lowest BCUT2D eigenvalue weighted by molar-refractivity contribution is 0.809. The molecule has 0 amide bonds. The zero-order valence-corrected chi connectivity index (χ0v) is 8.08. The number of rotatable bonds is 4. The van der Waals surface area contributed by atoms with Crippen molar-refractivity contribution in [3.05, 3.63) is 22.7 Å². The highest BCUT2D eigenvalue weighted by Gasteiger charge is 1.99. The molecule has 13 heavy (non-hydrogen) atoms. The average Bonchev–Trinajstić information content (AvgIpc) is 2.13. The minimum Gasteiger partial charge on any atom is -0.365 e. The summed E-state index contributed by atoms with van der Waals surface area (Å²) >= 11 is 0. The van der Waals surface area contributed by atoms with Crippen LogP contribution in [0, 0.1) is 0 Å². The van der Waals surface area contributed by atoms with E-state index >= 15 is 0 Å². The minimum absolute atomic E-state index is 0.0707. The molecule has 1 aromatic rings. The van der Waals surface area contributed by atoms with E-state index < -0.39 is 0 Å². The largest absolute Gasteiger partial charge is 0.365 e. The fourth-order valence-corrected chi connectivity index (χ4v) is 1.00. The Morgan fingerprint density at radius 2 is 2.38 bits per heavy atom. The Hall–Kier alpha value is -1.32. The van der Waals surface area contributed by atoms with E-state index in [1.54, 1.807) is 19.4 Å². The second kappa shape index (κ2) is 4.64. The molecule has 0 spiro atoms. The summed E-state index contributed by atoms with van der Waals surface area (Å²) in [7, 11) is 1.72. The van der Waals surface area contributed by atoms with Gasteiger partial charge >= 0.3 is 0 Å². The Kier molecular flexibility index (Phi) is 3.49. The van der Waals surface area contributed by atoms with Gasteiger partial charge in [-0.3, -0.25) is 4.79 Å². The van der Waals surface area contributed by atoms with E-state index in [9.17, 15) is 4.79 Å². The Morgan fingerprint density at radius 1 is 1.62 bits per heavy atom. The SMILES string of the molecule is CCCCNc1nccn(C)c1=O. The van der Waals surface area contributed by atoms with Crippen LogP contribution in [0.4, 0.5) is 5.82 Å². The lowest BCUT2D eigenvalue weighted by Crippen LogP contribution is -2.22. The lowest BCUT2D eigenvalue weighted by Gasteiger charge is -2.04. The van der Waals surface area contributed by atoms with Crippen LogP contribution < -0.4 is 10.9 Å². The van der Waals surface area contributed by atoms with Gasteiger partial charge in [0.1, 0.15) is 0 Å².